The van der Waals surface area contributed by atoms with E-state index in [1.807, 2.05) is 36.4 Å². The molecule has 0 saturated heterocycles. The topological polar surface area (TPSA) is 85.9 Å². The number of hydrogen-bond donors (Lipinski definition) is 2. The number of hydrogen-bond acceptors (Lipinski definition) is 5. The molecule has 1 aliphatic heterocycles. The van der Waals surface area contributed by atoms with Crippen molar-refractivity contribution in [2.24, 2.45) is 0 Å². The van der Waals surface area contributed by atoms with E-state index in [1.54, 1.807) is 38.5 Å². The molecule has 3 aromatic carbocycles. The van der Waals surface area contributed by atoms with Crippen LogP contribution < -0.4 is 24.8 Å². The van der Waals surface area contributed by atoms with Crippen molar-refractivity contribution in [2.45, 2.75) is 0 Å². The highest BCUT2D eigenvalue weighted by atomic mass is 16.5. The Kier molecular flexibility index (Phi) is 5.26. The average Bonchev–Trinajstić information content (AvgIpc) is 2.78. The van der Waals surface area contributed by atoms with Crippen molar-refractivity contribution in [1.82, 2.24) is 0 Å². The summed E-state index contributed by atoms with van der Waals surface area (Å²) in [6, 6.07) is 17.9. The Hall–Kier alpha value is -4.00. The van der Waals surface area contributed by atoms with Gasteiger partial charge in [0.2, 0.25) is 0 Å². The maximum absolute atomic E-state index is 13.1. The molecule has 0 bridgehead atoms. The predicted octanol–water partition coefficient (Wildman–Crippen LogP) is 3.95. The fraction of sp³-hybridized carbons (Fsp3) is 0.130. The second-order valence-corrected chi connectivity index (χ2v) is 6.64. The average molecular weight is 404 g/mol. The van der Waals surface area contributed by atoms with Crippen LogP contribution in [0, 0.1) is 0 Å². The molecule has 3 aromatic rings. The molecule has 7 heteroatoms. The third-order valence-electron chi connectivity index (χ3n) is 4.74. The minimum Gasteiger partial charge on any atom is -0.497 e. The predicted molar refractivity (Wildman–Crippen MR) is 114 cm³/mol. The zero-order valence-electron chi connectivity index (χ0n) is 16.5. The summed E-state index contributed by atoms with van der Waals surface area (Å²) in [5, 5.41) is 5.62. The molecule has 7 nitrogen and oxygen atoms in total. The first-order valence-corrected chi connectivity index (χ1v) is 9.28. The normalized spacial score (nSPS) is 12.3. The molecule has 2 amide bonds. The molecule has 0 fully saturated rings. The van der Waals surface area contributed by atoms with E-state index in [9.17, 15) is 9.59 Å². The monoisotopic (exact) mass is 404 g/mol. The number of fused-ring (bicyclic) bond motifs is 1. The summed E-state index contributed by atoms with van der Waals surface area (Å²) in [6.07, 6.45) is 0. The highest BCUT2D eigenvalue weighted by Gasteiger charge is 2.18. The van der Waals surface area contributed by atoms with Crippen LogP contribution in [0.15, 0.2) is 60.7 Å². The van der Waals surface area contributed by atoms with Gasteiger partial charge in [0.25, 0.3) is 11.8 Å². The Labute approximate surface area is 173 Å². The second kappa shape index (κ2) is 8.16. The summed E-state index contributed by atoms with van der Waals surface area (Å²) < 4.78 is 15.9. The molecule has 0 aromatic heterocycles. The van der Waals surface area contributed by atoms with E-state index in [0.29, 0.717) is 28.4 Å². The largest absolute Gasteiger partial charge is 0.497 e. The van der Waals surface area contributed by atoms with Crippen molar-refractivity contribution in [3.05, 3.63) is 66.2 Å². The molecule has 0 radical (unpaired) electrons. The SMILES string of the molecule is COc1ccc(-c2ccc(OC)cc2C(=O)Nc2ccc3c(c2)OCC(=O)N3)cc1. The molecular formula is C23H20N2O5. The Morgan fingerprint density at radius 1 is 0.967 bits per heavy atom. The van der Waals surface area contributed by atoms with Crippen LogP contribution in [0.25, 0.3) is 11.1 Å². The van der Waals surface area contributed by atoms with Crippen LogP contribution in [0.3, 0.4) is 0 Å². The molecule has 1 aliphatic rings. The van der Waals surface area contributed by atoms with E-state index in [1.165, 1.54) is 0 Å². The summed E-state index contributed by atoms with van der Waals surface area (Å²) in [6.45, 7) is -0.0537. The summed E-state index contributed by atoms with van der Waals surface area (Å²) >= 11 is 0. The van der Waals surface area contributed by atoms with E-state index in [0.717, 1.165) is 16.9 Å². The molecule has 30 heavy (non-hydrogen) atoms. The maximum Gasteiger partial charge on any atom is 0.262 e. The van der Waals surface area contributed by atoms with E-state index in [4.69, 9.17) is 14.2 Å². The van der Waals surface area contributed by atoms with Gasteiger partial charge in [0.15, 0.2) is 6.61 Å². The Bertz CT molecular complexity index is 1110. The first-order valence-electron chi connectivity index (χ1n) is 9.28. The number of amides is 2. The molecule has 152 valence electrons. The number of carbonyl (C=O) groups is 2. The van der Waals surface area contributed by atoms with Gasteiger partial charge in [0, 0.05) is 11.8 Å². The van der Waals surface area contributed by atoms with Crippen LogP contribution >= 0.6 is 0 Å². The first kappa shape index (κ1) is 19.3. The number of nitrogens with one attached hydrogen (secondary N) is 2. The molecule has 0 unspecified atom stereocenters. The zero-order valence-corrected chi connectivity index (χ0v) is 16.5. The minimum absolute atomic E-state index is 0.0537. The molecule has 1 heterocycles. The summed E-state index contributed by atoms with van der Waals surface area (Å²) in [5.41, 5.74) is 3.23. The quantitative estimate of drug-likeness (QED) is 0.672. The summed E-state index contributed by atoms with van der Waals surface area (Å²) in [4.78, 5) is 24.5. The number of anilines is 2. The molecule has 0 spiro atoms. The Balaban J connectivity index is 1.65. The van der Waals surface area contributed by atoms with E-state index in [-0.39, 0.29) is 18.4 Å². The van der Waals surface area contributed by atoms with Crippen LogP contribution in [-0.4, -0.2) is 32.6 Å². The van der Waals surface area contributed by atoms with Gasteiger partial charge in [0.05, 0.1) is 25.5 Å². The van der Waals surface area contributed by atoms with Gasteiger partial charge in [-0.05, 0) is 53.6 Å². The lowest BCUT2D eigenvalue weighted by atomic mass is 9.98. The molecule has 2 N–H and O–H groups in total. The third kappa shape index (κ3) is 3.91. The Morgan fingerprint density at radius 2 is 1.70 bits per heavy atom. The standard InChI is InChI=1S/C23H20N2O5/c1-28-16-6-3-14(4-7-16)18-9-8-17(29-2)12-19(18)23(27)24-15-5-10-20-21(11-15)30-13-22(26)25-20/h3-12H,13H2,1-2H3,(H,24,27)(H,25,26). The van der Waals surface area contributed by atoms with Crippen LogP contribution in [0.4, 0.5) is 11.4 Å². The van der Waals surface area contributed by atoms with Crippen molar-refractivity contribution in [3.8, 4) is 28.4 Å². The molecule has 0 saturated carbocycles. The van der Waals surface area contributed by atoms with Gasteiger partial charge in [-0.2, -0.15) is 0 Å². The lowest BCUT2D eigenvalue weighted by Gasteiger charge is -2.19. The maximum atomic E-state index is 13.1. The van der Waals surface area contributed by atoms with E-state index >= 15 is 0 Å². The summed E-state index contributed by atoms with van der Waals surface area (Å²) in [5.74, 6) is 1.32. The smallest absolute Gasteiger partial charge is 0.262 e. The minimum atomic E-state index is -0.292. The van der Waals surface area contributed by atoms with Gasteiger partial charge < -0.3 is 24.8 Å². The van der Waals surface area contributed by atoms with Gasteiger partial charge >= 0.3 is 0 Å². The lowest BCUT2D eigenvalue weighted by Crippen LogP contribution is -2.25. The van der Waals surface area contributed by atoms with Gasteiger partial charge in [-0.15, -0.1) is 0 Å². The first-order chi connectivity index (χ1) is 14.6. The van der Waals surface area contributed by atoms with Crippen LogP contribution in [0.2, 0.25) is 0 Å². The van der Waals surface area contributed by atoms with E-state index in [2.05, 4.69) is 10.6 Å². The zero-order chi connectivity index (χ0) is 21.1. The fourth-order valence-electron chi connectivity index (χ4n) is 3.21. The number of methoxy groups -OCH3 is 2. The second-order valence-electron chi connectivity index (χ2n) is 6.64. The van der Waals surface area contributed by atoms with Gasteiger partial charge in [-0.3, -0.25) is 9.59 Å². The van der Waals surface area contributed by atoms with Crippen molar-refractivity contribution >= 4 is 23.2 Å². The van der Waals surface area contributed by atoms with Crippen molar-refractivity contribution in [1.29, 1.82) is 0 Å². The lowest BCUT2D eigenvalue weighted by molar-refractivity contribution is -0.118. The molecule has 4 rings (SSSR count). The van der Waals surface area contributed by atoms with Crippen LogP contribution in [0.1, 0.15) is 10.4 Å². The Morgan fingerprint density at radius 3 is 2.43 bits per heavy atom. The van der Waals surface area contributed by atoms with E-state index < -0.39 is 0 Å². The number of rotatable bonds is 5. The fourth-order valence-corrected chi connectivity index (χ4v) is 3.21. The van der Waals surface area contributed by atoms with Gasteiger partial charge in [-0.1, -0.05) is 12.1 Å². The van der Waals surface area contributed by atoms with Crippen LogP contribution in [0.5, 0.6) is 17.2 Å². The molecule has 0 aliphatic carbocycles. The number of benzene rings is 3. The third-order valence-corrected chi connectivity index (χ3v) is 4.74. The highest BCUT2D eigenvalue weighted by molar-refractivity contribution is 6.09. The number of ether oxygens (including phenoxy) is 3. The van der Waals surface area contributed by atoms with Crippen molar-refractivity contribution in [2.75, 3.05) is 31.5 Å². The van der Waals surface area contributed by atoms with Gasteiger partial charge in [0.1, 0.15) is 17.2 Å². The molecule has 0 atom stereocenters. The van der Waals surface area contributed by atoms with Gasteiger partial charge in [-0.25, -0.2) is 0 Å². The highest BCUT2D eigenvalue weighted by Crippen LogP contribution is 2.32. The number of carbonyl (C=O) groups excluding carboxylic acids is 2. The summed E-state index contributed by atoms with van der Waals surface area (Å²) in [7, 11) is 3.16. The van der Waals surface area contributed by atoms with Crippen LogP contribution in [-0.2, 0) is 4.79 Å². The molecular weight excluding hydrogens is 384 g/mol. The van der Waals surface area contributed by atoms with Crippen molar-refractivity contribution < 1.29 is 23.8 Å². The van der Waals surface area contributed by atoms with Crippen molar-refractivity contribution in [3.63, 3.8) is 0 Å².